The zero-order valence-corrected chi connectivity index (χ0v) is 12.2. The predicted molar refractivity (Wildman–Crippen MR) is 79.5 cm³/mol. The van der Waals surface area contributed by atoms with Gasteiger partial charge in [-0.05, 0) is 18.6 Å². The molecule has 0 radical (unpaired) electrons. The third-order valence-corrected chi connectivity index (χ3v) is 4.08. The highest BCUT2D eigenvalue weighted by atomic mass is 16.4. The van der Waals surface area contributed by atoms with E-state index in [0.717, 1.165) is 11.3 Å². The Hall–Kier alpha value is -2.63. The average molecular weight is 299 g/mol. The van der Waals surface area contributed by atoms with Crippen LogP contribution in [0.3, 0.4) is 0 Å². The van der Waals surface area contributed by atoms with Crippen LogP contribution in [-0.2, 0) is 4.79 Å². The highest BCUT2D eigenvalue weighted by Crippen LogP contribution is 2.33. The molecule has 1 aromatic heterocycles. The molecule has 1 saturated heterocycles. The van der Waals surface area contributed by atoms with Gasteiger partial charge in [0.25, 0.3) is 5.91 Å². The number of aryl methyl sites for hydroxylation is 1. The van der Waals surface area contributed by atoms with Gasteiger partial charge in [0.1, 0.15) is 5.69 Å². The van der Waals surface area contributed by atoms with Gasteiger partial charge >= 0.3 is 5.97 Å². The lowest BCUT2D eigenvalue weighted by Gasteiger charge is -2.15. The number of carboxylic acid groups (broad SMARTS) is 1. The molecule has 0 saturated carbocycles. The van der Waals surface area contributed by atoms with Crippen molar-refractivity contribution < 1.29 is 14.7 Å². The smallest absolute Gasteiger partial charge is 0.308 e. The molecule has 0 bridgehead atoms. The number of carbonyl (C=O) groups is 2. The number of carbonyl (C=O) groups excluding carboxylic acids is 1. The molecule has 1 fully saturated rings. The summed E-state index contributed by atoms with van der Waals surface area (Å²) >= 11 is 0. The molecular formula is C16H17N3O3. The number of aromatic nitrogens is 2. The van der Waals surface area contributed by atoms with Crippen molar-refractivity contribution in [2.24, 2.45) is 5.92 Å². The summed E-state index contributed by atoms with van der Waals surface area (Å²) in [6.07, 6.45) is 0. The van der Waals surface area contributed by atoms with E-state index in [0.29, 0.717) is 12.2 Å². The second-order valence-electron chi connectivity index (χ2n) is 5.61. The maximum atomic E-state index is 12.5. The Kier molecular flexibility index (Phi) is 3.66. The first-order valence-electron chi connectivity index (χ1n) is 7.15. The van der Waals surface area contributed by atoms with E-state index in [4.69, 9.17) is 0 Å². The zero-order chi connectivity index (χ0) is 15.7. The van der Waals surface area contributed by atoms with Gasteiger partial charge in [0.05, 0.1) is 5.92 Å². The summed E-state index contributed by atoms with van der Waals surface area (Å²) in [5.41, 5.74) is 2.08. The highest BCUT2D eigenvalue weighted by molar-refractivity contribution is 5.93. The number of nitrogens with one attached hydrogen (secondary N) is 1. The first kappa shape index (κ1) is 14.3. The van der Waals surface area contributed by atoms with Gasteiger partial charge in [-0.3, -0.25) is 14.7 Å². The molecule has 0 aliphatic carbocycles. The molecule has 1 aliphatic heterocycles. The van der Waals surface area contributed by atoms with Gasteiger partial charge in [0, 0.05) is 24.7 Å². The van der Waals surface area contributed by atoms with E-state index in [1.165, 1.54) is 0 Å². The minimum absolute atomic E-state index is 0.192. The number of rotatable bonds is 3. The largest absolute Gasteiger partial charge is 0.481 e. The Morgan fingerprint density at radius 3 is 2.59 bits per heavy atom. The third kappa shape index (κ3) is 2.59. The Bertz CT molecular complexity index is 696. The topological polar surface area (TPSA) is 86.3 Å². The number of carboxylic acids is 1. The van der Waals surface area contributed by atoms with Crippen LogP contribution in [-0.4, -0.2) is 45.2 Å². The number of amides is 1. The van der Waals surface area contributed by atoms with Gasteiger partial charge in [-0.2, -0.15) is 5.10 Å². The van der Waals surface area contributed by atoms with Crippen LogP contribution >= 0.6 is 0 Å². The maximum Gasteiger partial charge on any atom is 0.308 e. The number of likely N-dealkylation sites (tertiary alicyclic amines) is 1. The van der Waals surface area contributed by atoms with Crippen molar-refractivity contribution in [3.63, 3.8) is 0 Å². The van der Waals surface area contributed by atoms with E-state index in [9.17, 15) is 14.7 Å². The van der Waals surface area contributed by atoms with Gasteiger partial charge in [-0.1, -0.05) is 30.3 Å². The first-order valence-corrected chi connectivity index (χ1v) is 7.15. The molecule has 2 atom stereocenters. The summed E-state index contributed by atoms with van der Waals surface area (Å²) in [6.45, 7) is 2.42. The maximum absolute atomic E-state index is 12.5. The molecule has 22 heavy (non-hydrogen) atoms. The Morgan fingerprint density at radius 2 is 2.00 bits per heavy atom. The van der Waals surface area contributed by atoms with Gasteiger partial charge < -0.3 is 10.0 Å². The monoisotopic (exact) mass is 299 g/mol. The Labute approximate surface area is 127 Å². The fourth-order valence-corrected chi connectivity index (χ4v) is 2.95. The van der Waals surface area contributed by atoms with Gasteiger partial charge in [-0.15, -0.1) is 0 Å². The lowest BCUT2D eigenvalue weighted by atomic mass is 9.89. The summed E-state index contributed by atoms with van der Waals surface area (Å²) in [7, 11) is 0. The molecule has 1 aromatic carbocycles. The molecule has 6 heteroatoms. The van der Waals surface area contributed by atoms with Crippen LogP contribution in [0.4, 0.5) is 0 Å². The van der Waals surface area contributed by atoms with Crippen LogP contribution in [0.5, 0.6) is 0 Å². The second-order valence-corrected chi connectivity index (χ2v) is 5.61. The summed E-state index contributed by atoms with van der Waals surface area (Å²) in [5.74, 6) is -1.88. The number of aliphatic carboxylic acids is 1. The number of H-pyrrole nitrogens is 1. The molecule has 1 aliphatic rings. The molecule has 2 heterocycles. The van der Waals surface area contributed by atoms with Crippen molar-refractivity contribution >= 4 is 11.9 Å². The minimum Gasteiger partial charge on any atom is -0.481 e. The van der Waals surface area contributed by atoms with Crippen LogP contribution in [0, 0.1) is 12.8 Å². The molecule has 0 unspecified atom stereocenters. The van der Waals surface area contributed by atoms with E-state index in [1.807, 2.05) is 37.3 Å². The van der Waals surface area contributed by atoms with Crippen LogP contribution in [0.15, 0.2) is 36.4 Å². The number of nitrogens with zero attached hydrogens (tertiary/aromatic N) is 2. The quantitative estimate of drug-likeness (QED) is 0.902. The third-order valence-electron chi connectivity index (χ3n) is 4.08. The van der Waals surface area contributed by atoms with Crippen molar-refractivity contribution in [1.82, 2.24) is 15.1 Å². The predicted octanol–water partition coefficient (Wildman–Crippen LogP) is 1.66. The van der Waals surface area contributed by atoms with Crippen molar-refractivity contribution in [3.8, 4) is 0 Å². The SMILES string of the molecule is Cc1cc(C(=O)N2C[C@H](C(=O)O)[C@H](c3ccccc3)C2)n[nH]1. The fourth-order valence-electron chi connectivity index (χ4n) is 2.95. The highest BCUT2D eigenvalue weighted by Gasteiger charge is 2.40. The van der Waals surface area contributed by atoms with E-state index >= 15 is 0 Å². The molecule has 0 spiro atoms. The Balaban J connectivity index is 1.84. The standard InChI is InChI=1S/C16H17N3O3/c1-10-7-14(18-17-10)15(20)19-8-12(13(9-19)16(21)22)11-5-3-2-4-6-11/h2-7,12-13H,8-9H2,1H3,(H,17,18)(H,21,22)/t12-,13-/m0/s1. The number of hydrogen-bond acceptors (Lipinski definition) is 3. The molecule has 114 valence electrons. The summed E-state index contributed by atoms with van der Waals surface area (Å²) in [4.78, 5) is 25.6. The summed E-state index contributed by atoms with van der Waals surface area (Å²) in [6, 6.07) is 11.2. The number of hydrogen-bond donors (Lipinski definition) is 2. The van der Waals surface area contributed by atoms with Crippen LogP contribution < -0.4 is 0 Å². The van der Waals surface area contributed by atoms with Crippen LogP contribution in [0.1, 0.15) is 27.7 Å². The normalized spacial score (nSPS) is 21.0. The lowest BCUT2D eigenvalue weighted by molar-refractivity contribution is -0.141. The van der Waals surface area contributed by atoms with Gasteiger partial charge in [0.2, 0.25) is 0 Å². The van der Waals surface area contributed by atoms with Crippen molar-refractivity contribution in [2.45, 2.75) is 12.8 Å². The number of aromatic amines is 1. The summed E-state index contributed by atoms with van der Waals surface area (Å²) < 4.78 is 0. The van der Waals surface area contributed by atoms with Gasteiger partial charge in [0.15, 0.2) is 0 Å². The minimum atomic E-state index is -0.873. The van der Waals surface area contributed by atoms with Crippen molar-refractivity contribution in [2.75, 3.05) is 13.1 Å². The van der Waals surface area contributed by atoms with Crippen LogP contribution in [0.25, 0.3) is 0 Å². The molecular weight excluding hydrogens is 282 g/mol. The van der Waals surface area contributed by atoms with Crippen LogP contribution in [0.2, 0.25) is 0 Å². The molecule has 6 nitrogen and oxygen atoms in total. The lowest BCUT2D eigenvalue weighted by Crippen LogP contribution is -2.30. The van der Waals surface area contributed by atoms with E-state index < -0.39 is 11.9 Å². The van der Waals surface area contributed by atoms with E-state index in [-0.39, 0.29) is 18.4 Å². The summed E-state index contributed by atoms with van der Waals surface area (Å²) in [5, 5.41) is 16.2. The molecule has 2 aromatic rings. The van der Waals surface area contributed by atoms with Gasteiger partial charge in [-0.25, -0.2) is 0 Å². The number of benzene rings is 1. The molecule has 2 N–H and O–H groups in total. The molecule has 3 rings (SSSR count). The second kappa shape index (κ2) is 5.63. The van der Waals surface area contributed by atoms with Crippen molar-refractivity contribution in [1.29, 1.82) is 0 Å². The zero-order valence-electron chi connectivity index (χ0n) is 12.2. The Morgan fingerprint density at radius 1 is 1.27 bits per heavy atom. The van der Waals surface area contributed by atoms with E-state index in [1.54, 1.807) is 11.0 Å². The van der Waals surface area contributed by atoms with Crippen molar-refractivity contribution in [3.05, 3.63) is 53.3 Å². The van der Waals surface area contributed by atoms with E-state index in [2.05, 4.69) is 10.2 Å². The first-order chi connectivity index (χ1) is 10.6. The fraction of sp³-hybridized carbons (Fsp3) is 0.312. The molecule has 1 amide bonds. The average Bonchev–Trinajstić information content (AvgIpc) is 3.14.